The number of carbonyl (C=O) groups excluding carboxylic acids is 1. The molecule has 3 atom stereocenters. The van der Waals surface area contributed by atoms with E-state index in [1.54, 1.807) is 14.0 Å². The highest BCUT2D eigenvalue weighted by Gasteiger charge is 2.32. The molecule has 0 aliphatic heterocycles. The molecule has 1 aromatic rings. The Bertz CT molecular complexity index is 540. The molecule has 0 aliphatic carbocycles. The average molecular weight is 379 g/mol. The predicted octanol–water partition coefficient (Wildman–Crippen LogP) is 4.28. The summed E-state index contributed by atoms with van der Waals surface area (Å²) >= 11 is 0. The van der Waals surface area contributed by atoms with Gasteiger partial charge in [-0.1, -0.05) is 57.4 Å². The third-order valence-corrected chi connectivity index (χ3v) is 4.58. The van der Waals surface area contributed by atoms with E-state index in [1.165, 1.54) is 6.08 Å². The largest absolute Gasteiger partial charge is 0.497 e. The van der Waals surface area contributed by atoms with E-state index in [9.17, 15) is 9.90 Å². The number of benzene rings is 1. The zero-order valence-electron chi connectivity index (χ0n) is 16.9. The van der Waals surface area contributed by atoms with Crippen molar-refractivity contribution in [3.05, 3.63) is 42.5 Å². The van der Waals surface area contributed by atoms with Crippen LogP contribution in [0.5, 0.6) is 5.75 Å². The number of ether oxygens (including phenoxy) is 3. The van der Waals surface area contributed by atoms with E-state index < -0.39 is 24.1 Å². The van der Waals surface area contributed by atoms with E-state index in [4.69, 9.17) is 14.2 Å². The highest BCUT2D eigenvalue weighted by atomic mass is 16.5. The van der Waals surface area contributed by atoms with Gasteiger partial charge in [0.25, 0.3) is 0 Å². The van der Waals surface area contributed by atoms with E-state index in [1.807, 2.05) is 24.3 Å². The molecular formula is C22H34O5. The van der Waals surface area contributed by atoms with Crippen molar-refractivity contribution in [3.63, 3.8) is 0 Å². The van der Waals surface area contributed by atoms with Crippen LogP contribution in [0.1, 0.15) is 51.5 Å². The van der Waals surface area contributed by atoms with Gasteiger partial charge in [-0.2, -0.15) is 0 Å². The molecule has 0 unspecified atom stereocenters. The molecule has 0 aliphatic rings. The lowest BCUT2D eigenvalue weighted by molar-refractivity contribution is -0.156. The van der Waals surface area contributed by atoms with E-state index >= 15 is 0 Å². The summed E-state index contributed by atoms with van der Waals surface area (Å²) in [5.74, 6) is -0.199. The molecular weight excluding hydrogens is 344 g/mol. The Labute approximate surface area is 163 Å². The molecule has 0 heterocycles. The van der Waals surface area contributed by atoms with Gasteiger partial charge in [0.1, 0.15) is 12.4 Å². The van der Waals surface area contributed by atoms with Crippen molar-refractivity contribution in [1.82, 2.24) is 0 Å². The summed E-state index contributed by atoms with van der Waals surface area (Å²) in [6, 6.07) is 7.56. The number of aliphatic hydroxyl groups is 1. The number of hydrogen-bond acceptors (Lipinski definition) is 5. The summed E-state index contributed by atoms with van der Waals surface area (Å²) in [7, 11) is 1.62. The molecule has 0 aromatic heterocycles. The molecule has 1 aromatic carbocycles. The summed E-state index contributed by atoms with van der Waals surface area (Å²) in [6.45, 7) is 7.99. The number of unbranched alkanes of at least 4 members (excludes halogenated alkanes) is 3. The Balaban J connectivity index is 2.62. The van der Waals surface area contributed by atoms with Crippen molar-refractivity contribution < 1.29 is 24.1 Å². The number of rotatable bonds is 14. The SMILES string of the molecule is C=CCOC(=O)[C@H](CCCCCC)[C@@H](O)[C@H](C)OCc1ccc(OC)cc1. The minimum absolute atomic E-state index is 0.151. The van der Waals surface area contributed by atoms with E-state index in [0.29, 0.717) is 13.0 Å². The van der Waals surface area contributed by atoms with Crippen molar-refractivity contribution in [2.24, 2.45) is 5.92 Å². The van der Waals surface area contributed by atoms with Crippen molar-refractivity contribution in [2.75, 3.05) is 13.7 Å². The Morgan fingerprint density at radius 3 is 2.52 bits per heavy atom. The van der Waals surface area contributed by atoms with Crippen LogP contribution in [0.25, 0.3) is 0 Å². The van der Waals surface area contributed by atoms with Gasteiger partial charge in [-0.25, -0.2) is 0 Å². The summed E-state index contributed by atoms with van der Waals surface area (Å²) in [6.07, 6.45) is 4.88. The first kappa shape index (κ1) is 23.2. The molecule has 1 N–H and O–H groups in total. The van der Waals surface area contributed by atoms with Crippen LogP contribution in [0.3, 0.4) is 0 Å². The summed E-state index contributed by atoms with van der Waals surface area (Å²) in [4.78, 5) is 12.4. The Morgan fingerprint density at radius 2 is 1.93 bits per heavy atom. The maximum absolute atomic E-state index is 12.4. The number of esters is 1. The van der Waals surface area contributed by atoms with Crippen LogP contribution in [0.4, 0.5) is 0 Å². The molecule has 0 saturated heterocycles. The van der Waals surface area contributed by atoms with Crippen LogP contribution in [0, 0.1) is 5.92 Å². The van der Waals surface area contributed by atoms with E-state index in [-0.39, 0.29) is 6.61 Å². The quantitative estimate of drug-likeness (QED) is 0.297. The van der Waals surface area contributed by atoms with Crippen LogP contribution >= 0.6 is 0 Å². The summed E-state index contributed by atoms with van der Waals surface area (Å²) in [5, 5.41) is 10.7. The average Bonchev–Trinajstić information content (AvgIpc) is 2.70. The molecule has 0 spiro atoms. The standard InChI is InChI=1S/C22H34O5/c1-5-7-8-9-10-20(22(24)26-15-6-2)21(23)17(3)27-16-18-11-13-19(25-4)14-12-18/h6,11-14,17,20-21,23H,2,5,7-10,15-16H2,1,3-4H3/t17-,20+,21-/m0/s1. The molecule has 1 rings (SSSR count). The smallest absolute Gasteiger partial charge is 0.311 e. The second-order valence-corrected chi connectivity index (χ2v) is 6.73. The van der Waals surface area contributed by atoms with Crippen molar-refractivity contribution in [3.8, 4) is 5.75 Å². The fraction of sp³-hybridized carbons (Fsp3) is 0.591. The topological polar surface area (TPSA) is 65.0 Å². The third kappa shape index (κ3) is 8.59. The van der Waals surface area contributed by atoms with Crippen molar-refractivity contribution >= 4 is 5.97 Å². The highest BCUT2D eigenvalue weighted by molar-refractivity contribution is 5.73. The van der Waals surface area contributed by atoms with Gasteiger partial charge in [0.2, 0.25) is 0 Å². The predicted molar refractivity (Wildman–Crippen MR) is 107 cm³/mol. The van der Waals surface area contributed by atoms with Gasteiger partial charge in [0.15, 0.2) is 0 Å². The number of methoxy groups -OCH3 is 1. The first-order valence-corrected chi connectivity index (χ1v) is 9.73. The first-order chi connectivity index (χ1) is 13.0. The van der Waals surface area contributed by atoms with Crippen LogP contribution < -0.4 is 4.74 Å². The molecule has 0 saturated carbocycles. The molecule has 152 valence electrons. The number of aliphatic hydroxyl groups excluding tert-OH is 1. The number of hydrogen-bond donors (Lipinski definition) is 1. The van der Waals surface area contributed by atoms with Gasteiger partial charge in [-0.05, 0) is 31.0 Å². The normalized spacial score (nSPS) is 14.2. The van der Waals surface area contributed by atoms with Crippen LogP contribution in [-0.2, 0) is 20.9 Å². The fourth-order valence-electron chi connectivity index (χ4n) is 2.84. The number of carbonyl (C=O) groups is 1. The van der Waals surface area contributed by atoms with Crippen molar-refractivity contribution in [2.45, 2.75) is 64.8 Å². The van der Waals surface area contributed by atoms with Gasteiger partial charge in [0.05, 0.1) is 31.8 Å². The van der Waals surface area contributed by atoms with Crippen LogP contribution in [0.15, 0.2) is 36.9 Å². The van der Waals surface area contributed by atoms with Crippen LogP contribution in [-0.4, -0.2) is 37.0 Å². The highest BCUT2D eigenvalue weighted by Crippen LogP contribution is 2.21. The Hall–Kier alpha value is -1.85. The molecule has 0 bridgehead atoms. The Kier molecular flexibility index (Phi) is 11.5. The second kappa shape index (κ2) is 13.3. The van der Waals surface area contributed by atoms with Gasteiger partial charge in [0, 0.05) is 0 Å². The van der Waals surface area contributed by atoms with Gasteiger partial charge in [-0.3, -0.25) is 4.79 Å². The molecule has 0 fully saturated rings. The zero-order chi connectivity index (χ0) is 20.1. The molecule has 5 nitrogen and oxygen atoms in total. The Morgan fingerprint density at radius 1 is 1.22 bits per heavy atom. The minimum atomic E-state index is -0.915. The zero-order valence-corrected chi connectivity index (χ0v) is 16.9. The maximum atomic E-state index is 12.4. The second-order valence-electron chi connectivity index (χ2n) is 6.73. The molecule has 0 radical (unpaired) electrons. The first-order valence-electron chi connectivity index (χ1n) is 9.73. The van der Waals surface area contributed by atoms with Gasteiger partial charge < -0.3 is 19.3 Å². The van der Waals surface area contributed by atoms with Crippen molar-refractivity contribution in [1.29, 1.82) is 0 Å². The molecule has 27 heavy (non-hydrogen) atoms. The lowest BCUT2D eigenvalue weighted by Gasteiger charge is -2.26. The monoisotopic (exact) mass is 378 g/mol. The lowest BCUT2D eigenvalue weighted by Crippen LogP contribution is -2.38. The molecule has 0 amide bonds. The third-order valence-electron chi connectivity index (χ3n) is 4.58. The van der Waals surface area contributed by atoms with Gasteiger partial charge >= 0.3 is 5.97 Å². The summed E-state index contributed by atoms with van der Waals surface area (Å²) in [5.41, 5.74) is 0.976. The van der Waals surface area contributed by atoms with E-state index in [2.05, 4.69) is 13.5 Å². The van der Waals surface area contributed by atoms with Crippen LogP contribution in [0.2, 0.25) is 0 Å². The minimum Gasteiger partial charge on any atom is -0.497 e. The van der Waals surface area contributed by atoms with E-state index in [0.717, 1.165) is 37.0 Å². The molecule has 5 heteroatoms. The lowest BCUT2D eigenvalue weighted by atomic mass is 9.92. The van der Waals surface area contributed by atoms with Gasteiger partial charge in [-0.15, -0.1) is 0 Å². The fourth-order valence-corrected chi connectivity index (χ4v) is 2.84. The maximum Gasteiger partial charge on any atom is 0.311 e. The summed E-state index contributed by atoms with van der Waals surface area (Å²) < 4.78 is 16.1.